The lowest BCUT2D eigenvalue weighted by molar-refractivity contribution is 1.30. The fourth-order valence-electron chi connectivity index (χ4n) is 1.37. The summed E-state index contributed by atoms with van der Waals surface area (Å²) >= 11 is 11.8. The molecule has 3 nitrogen and oxygen atoms in total. The molecule has 0 aliphatic carbocycles. The van der Waals surface area contributed by atoms with E-state index in [-0.39, 0.29) is 0 Å². The van der Waals surface area contributed by atoms with Crippen LogP contribution in [0, 0.1) is 11.3 Å². The number of nitrogens with one attached hydrogen (secondary N) is 1. The maximum absolute atomic E-state index is 8.94. The number of hydrogen-bond donors (Lipinski definition) is 1. The molecule has 0 saturated carbocycles. The van der Waals surface area contributed by atoms with Crippen molar-refractivity contribution in [2.75, 3.05) is 5.32 Å². The summed E-state index contributed by atoms with van der Waals surface area (Å²) < 4.78 is 0. The van der Waals surface area contributed by atoms with Crippen LogP contribution in [-0.4, -0.2) is 4.98 Å². The van der Waals surface area contributed by atoms with Crippen molar-refractivity contribution in [2.45, 2.75) is 0 Å². The largest absolute Gasteiger partial charge is 0.353 e. The lowest BCUT2D eigenvalue weighted by atomic mass is 10.2. The van der Waals surface area contributed by atoms with E-state index in [0.717, 1.165) is 0 Å². The third-order valence-electron chi connectivity index (χ3n) is 2.08. The van der Waals surface area contributed by atoms with Crippen molar-refractivity contribution in [2.24, 2.45) is 0 Å². The zero-order valence-electron chi connectivity index (χ0n) is 8.61. The molecule has 0 amide bonds. The normalized spacial score (nSPS) is 9.71. The Balaban J connectivity index is 2.35. The molecule has 2 rings (SSSR count). The Morgan fingerprint density at radius 1 is 1.18 bits per heavy atom. The SMILES string of the molecule is N#Cc1ccncc1Nc1cc(Cl)cc(Cl)c1. The molecule has 84 valence electrons. The second-order valence-electron chi connectivity index (χ2n) is 3.32. The second-order valence-corrected chi connectivity index (χ2v) is 4.19. The smallest absolute Gasteiger partial charge is 0.101 e. The first-order valence-corrected chi connectivity index (χ1v) is 5.52. The predicted molar refractivity (Wildman–Crippen MR) is 68.7 cm³/mol. The molecule has 0 atom stereocenters. The Morgan fingerprint density at radius 3 is 2.53 bits per heavy atom. The molecule has 0 fully saturated rings. The van der Waals surface area contributed by atoms with Crippen LogP contribution in [0.3, 0.4) is 0 Å². The number of benzene rings is 1. The summed E-state index contributed by atoms with van der Waals surface area (Å²) in [6, 6.07) is 8.80. The van der Waals surface area contributed by atoms with Gasteiger partial charge < -0.3 is 5.32 Å². The van der Waals surface area contributed by atoms with E-state index >= 15 is 0 Å². The molecule has 0 aliphatic heterocycles. The summed E-state index contributed by atoms with van der Waals surface area (Å²) in [5.41, 5.74) is 1.84. The van der Waals surface area contributed by atoms with Gasteiger partial charge in [0.15, 0.2) is 0 Å². The average Bonchev–Trinajstić information content (AvgIpc) is 2.28. The molecule has 0 saturated heterocycles. The van der Waals surface area contributed by atoms with Crippen LogP contribution >= 0.6 is 23.2 Å². The van der Waals surface area contributed by atoms with Crippen LogP contribution in [0.25, 0.3) is 0 Å². The van der Waals surface area contributed by atoms with E-state index in [1.807, 2.05) is 0 Å². The van der Waals surface area contributed by atoms with Crippen molar-refractivity contribution in [3.8, 4) is 6.07 Å². The highest BCUT2D eigenvalue weighted by Crippen LogP contribution is 2.26. The van der Waals surface area contributed by atoms with Gasteiger partial charge in [-0.3, -0.25) is 4.98 Å². The van der Waals surface area contributed by atoms with E-state index in [1.54, 1.807) is 36.7 Å². The molecule has 5 heteroatoms. The Morgan fingerprint density at radius 2 is 1.88 bits per heavy atom. The van der Waals surface area contributed by atoms with Crippen LogP contribution in [0.15, 0.2) is 36.7 Å². The molecule has 1 aromatic heterocycles. The summed E-state index contributed by atoms with van der Waals surface area (Å²) in [7, 11) is 0. The summed E-state index contributed by atoms with van der Waals surface area (Å²) in [4.78, 5) is 3.95. The van der Waals surface area contributed by atoms with E-state index in [4.69, 9.17) is 28.5 Å². The number of hydrogen-bond acceptors (Lipinski definition) is 3. The Kier molecular flexibility index (Phi) is 3.48. The van der Waals surface area contributed by atoms with E-state index in [2.05, 4.69) is 16.4 Å². The molecule has 17 heavy (non-hydrogen) atoms. The van der Waals surface area contributed by atoms with Crippen LogP contribution in [0.1, 0.15) is 5.56 Å². The molecule has 0 bridgehead atoms. The first-order valence-electron chi connectivity index (χ1n) is 4.76. The number of nitrogens with zero attached hydrogens (tertiary/aromatic N) is 2. The molecular weight excluding hydrogens is 257 g/mol. The monoisotopic (exact) mass is 263 g/mol. The minimum absolute atomic E-state index is 0.510. The van der Waals surface area contributed by atoms with Gasteiger partial charge in [0.25, 0.3) is 0 Å². The first kappa shape index (κ1) is 11.7. The van der Waals surface area contributed by atoms with Crippen molar-refractivity contribution < 1.29 is 0 Å². The van der Waals surface area contributed by atoms with Crippen molar-refractivity contribution in [1.29, 1.82) is 5.26 Å². The Labute approximate surface area is 109 Å². The fraction of sp³-hybridized carbons (Fsp3) is 0. The van der Waals surface area contributed by atoms with Gasteiger partial charge in [-0.15, -0.1) is 0 Å². The molecule has 2 aromatic rings. The van der Waals surface area contributed by atoms with E-state index in [9.17, 15) is 0 Å². The standard InChI is InChI=1S/C12H7Cl2N3/c13-9-3-10(14)5-11(4-9)17-12-7-16-2-1-8(12)6-15/h1-5,7,17H. The highest BCUT2D eigenvalue weighted by molar-refractivity contribution is 6.35. The zero-order chi connectivity index (χ0) is 12.3. The number of halogens is 2. The van der Waals surface area contributed by atoms with Gasteiger partial charge in [-0.05, 0) is 24.3 Å². The van der Waals surface area contributed by atoms with Crippen molar-refractivity contribution >= 4 is 34.6 Å². The summed E-state index contributed by atoms with van der Waals surface area (Å²) in [5, 5.41) is 13.0. The third-order valence-corrected chi connectivity index (χ3v) is 2.52. The predicted octanol–water partition coefficient (Wildman–Crippen LogP) is 4.00. The number of rotatable bonds is 2. The molecule has 1 heterocycles. The van der Waals surface area contributed by atoms with Crippen molar-refractivity contribution in [3.63, 3.8) is 0 Å². The van der Waals surface area contributed by atoms with Gasteiger partial charge >= 0.3 is 0 Å². The minimum Gasteiger partial charge on any atom is -0.353 e. The molecule has 1 aromatic carbocycles. The number of nitriles is 1. The number of pyridine rings is 1. The van der Waals surface area contributed by atoms with Crippen LogP contribution in [-0.2, 0) is 0 Å². The minimum atomic E-state index is 0.510. The third kappa shape index (κ3) is 2.88. The lowest BCUT2D eigenvalue weighted by Crippen LogP contribution is -1.94. The quantitative estimate of drug-likeness (QED) is 0.891. The van der Waals surface area contributed by atoms with Gasteiger partial charge in [-0.2, -0.15) is 5.26 Å². The van der Waals surface area contributed by atoms with Gasteiger partial charge in [-0.1, -0.05) is 23.2 Å². The Hall–Kier alpha value is -1.76. The molecule has 0 unspecified atom stereocenters. The van der Waals surface area contributed by atoms with Crippen molar-refractivity contribution in [3.05, 3.63) is 52.3 Å². The summed E-state index contributed by atoms with van der Waals surface area (Å²) in [6.07, 6.45) is 3.14. The topological polar surface area (TPSA) is 48.7 Å². The van der Waals surface area contributed by atoms with Gasteiger partial charge in [0.05, 0.1) is 17.4 Å². The fourth-order valence-corrected chi connectivity index (χ4v) is 1.90. The number of anilines is 2. The van der Waals surface area contributed by atoms with Gasteiger partial charge in [-0.25, -0.2) is 0 Å². The molecule has 0 radical (unpaired) electrons. The van der Waals surface area contributed by atoms with Gasteiger partial charge in [0.1, 0.15) is 6.07 Å². The van der Waals surface area contributed by atoms with Gasteiger partial charge in [0, 0.05) is 21.9 Å². The van der Waals surface area contributed by atoms with Crippen molar-refractivity contribution in [1.82, 2.24) is 4.98 Å². The average molecular weight is 264 g/mol. The molecule has 0 aliphatic rings. The maximum Gasteiger partial charge on any atom is 0.101 e. The Bertz CT molecular complexity index is 570. The second kappa shape index (κ2) is 5.05. The molecule has 1 N–H and O–H groups in total. The van der Waals surface area contributed by atoms with E-state index < -0.39 is 0 Å². The van der Waals surface area contributed by atoms with Crippen LogP contribution in [0.4, 0.5) is 11.4 Å². The van der Waals surface area contributed by atoms with E-state index in [0.29, 0.717) is 27.0 Å². The van der Waals surface area contributed by atoms with Gasteiger partial charge in [0.2, 0.25) is 0 Å². The van der Waals surface area contributed by atoms with Crippen LogP contribution < -0.4 is 5.32 Å². The highest BCUT2D eigenvalue weighted by atomic mass is 35.5. The molecular formula is C12H7Cl2N3. The van der Waals surface area contributed by atoms with E-state index in [1.165, 1.54) is 0 Å². The zero-order valence-corrected chi connectivity index (χ0v) is 10.1. The summed E-state index contributed by atoms with van der Waals surface area (Å²) in [6.45, 7) is 0. The van der Waals surface area contributed by atoms with Crippen LogP contribution in [0.5, 0.6) is 0 Å². The van der Waals surface area contributed by atoms with Crippen LogP contribution in [0.2, 0.25) is 10.0 Å². The number of aromatic nitrogens is 1. The lowest BCUT2D eigenvalue weighted by Gasteiger charge is -2.08. The summed E-state index contributed by atoms with van der Waals surface area (Å²) in [5.74, 6) is 0. The highest BCUT2D eigenvalue weighted by Gasteiger charge is 2.03. The maximum atomic E-state index is 8.94. The molecule has 0 spiro atoms. The first-order chi connectivity index (χ1) is 8.19.